The highest BCUT2D eigenvalue weighted by atomic mass is 16.5. The molecule has 1 aliphatic rings. The Morgan fingerprint density at radius 1 is 1.44 bits per heavy atom. The minimum atomic E-state index is 0.724. The van der Waals surface area contributed by atoms with Gasteiger partial charge in [-0.2, -0.15) is 0 Å². The highest BCUT2D eigenvalue weighted by Gasteiger charge is 2.36. The average molecular weight is 129 g/mol. The Hall–Kier alpha value is -0.0800. The summed E-state index contributed by atoms with van der Waals surface area (Å²) in [5, 5.41) is 0. The molecule has 2 atom stereocenters. The smallest absolute Gasteiger partial charge is 0.0700 e. The summed E-state index contributed by atoms with van der Waals surface area (Å²) in [6.07, 6.45) is 1.25. The fourth-order valence-corrected chi connectivity index (χ4v) is 1.08. The van der Waals surface area contributed by atoms with Crippen molar-refractivity contribution in [2.24, 2.45) is 11.8 Å². The summed E-state index contributed by atoms with van der Waals surface area (Å²) in [4.78, 5) is 0. The van der Waals surface area contributed by atoms with Gasteiger partial charge in [0.2, 0.25) is 0 Å². The van der Waals surface area contributed by atoms with E-state index < -0.39 is 0 Å². The van der Waals surface area contributed by atoms with E-state index in [0.717, 1.165) is 25.0 Å². The molecule has 9 heavy (non-hydrogen) atoms. The molecule has 1 aliphatic carbocycles. The van der Waals surface area contributed by atoms with Crippen LogP contribution in [0.3, 0.4) is 0 Å². The zero-order valence-corrected chi connectivity index (χ0v) is 5.80. The zero-order valence-electron chi connectivity index (χ0n) is 5.80. The molecule has 0 amide bonds. The average Bonchev–Trinajstić information content (AvgIpc) is 2.50. The van der Waals surface area contributed by atoms with Crippen molar-refractivity contribution in [2.75, 3.05) is 20.3 Å². The van der Waals surface area contributed by atoms with E-state index in [4.69, 9.17) is 9.47 Å². The topological polar surface area (TPSA) is 18.5 Å². The summed E-state index contributed by atoms with van der Waals surface area (Å²) in [5.41, 5.74) is 0. The SMILES string of the molecule is [CH2]OCC1CC1COC. The first-order valence-corrected chi connectivity index (χ1v) is 3.24. The summed E-state index contributed by atoms with van der Waals surface area (Å²) < 4.78 is 9.70. The first kappa shape index (κ1) is 7.03. The van der Waals surface area contributed by atoms with Crippen molar-refractivity contribution in [3.05, 3.63) is 7.11 Å². The molecule has 2 unspecified atom stereocenters. The van der Waals surface area contributed by atoms with Crippen molar-refractivity contribution in [1.82, 2.24) is 0 Å². The molecular weight excluding hydrogens is 116 g/mol. The second kappa shape index (κ2) is 3.18. The van der Waals surface area contributed by atoms with Crippen molar-refractivity contribution in [3.63, 3.8) is 0 Å². The molecule has 0 aliphatic heterocycles. The molecule has 0 saturated heterocycles. The van der Waals surface area contributed by atoms with Crippen LogP contribution in [0.4, 0.5) is 0 Å². The van der Waals surface area contributed by atoms with Crippen LogP contribution in [0.15, 0.2) is 0 Å². The Balaban J connectivity index is 1.96. The van der Waals surface area contributed by atoms with Gasteiger partial charge in [0.25, 0.3) is 0 Å². The molecule has 1 rings (SSSR count). The first-order valence-electron chi connectivity index (χ1n) is 3.24. The predicted molar refractivity (Wildman–Crippen MR) is 34.8 cm³/mol. The van der Waals surface area contributed by atoms with Crippen molar-refractivity contribution in [2.45, 2.75) is 6.42 Å². The molecule has 2 heteroatoms. The van der Waals surface area contributed by atoms with E-state index in [2.05, 4.69) is 7.11 Å². The van der Waals surface area contributed by atoms with Crippen LogP contribution >= 0.6 is 0 Å². The van der Waals surface area contributed by atoms with Crippen LogP contribution in [-0.4, -0.2) is 20.3 Å². The molecule has 0 aromatic rings. The third kappa shape index (κ3) is 1.95. The molecule has 0 spiro atoms. The number of rotatable bonds is 4. The summed E-state index contributed by atoms with van der Waals surface area (Å²) in [5.74, 6) is 1.47. The number of methoxy groups -OCH3 is 1. The van der Waals surface area contributed by atoms with E-state index in [-0.39, 0.29) is 0 Å². The summed E-state index contributed by atoms with van der Waals surface area (Å²) in [6.45, 7) is 1.68. The second-order valence-corrected chi connectivity index (χ2v) is 2.58. The molecule has 0 bridgehead atoms. The van der Waals surface area contributed by atoms with Gasteiger partial charge in [-0.25, -0.2) is 0 Å². The molecule has 1 fully saturated rings. The summed E-state index contributed by atoms with van der Waals surface area (Å²) >= 11 is 0. The van der Waals surface area contributed by atoms with Gasteiger partial charge in [-0.3, -0.25) is 0 Å². The number of ether oxygens (including phenoxy) is 2. The van der Waals surface area contributed by atoms with Crippen LogP contribution in [0, 0.1) is 18.9 Å². The van der Waals surface area contributed by atoms with E-state index in [1.165, 1.54) is 6.42 Å². The van der Waals surface area contributed by atoms with Crippen molar-refractivity contribution >= 4 is 0 Å². The van der Waals surface area contributed by atoms with E-state index in [1.807, 2.05) is 0 Å². The molecular formula is C7H13O2. The van der Waals surface area contributed by atoms with Crippen LogP contribution in [0.5, 0.6) is 0 Å². The predicted octanol–water partition coefficient (Wildman–Crippen LogP) is 1.08. The normalized spacial score (nSPS) is 32.7. The first-order chi connectivity index (χ1) is 4.38. The fourth-order valence-electron chi connectivity index (χ4n) is 1.08. The summed E-state index contributed by atoms with van der Waals surface area (Å²) in [7, 11) is 5.06. The lowest BCUT2D eigenvalue weighted by molar-refractivity contribution is 0.165. The van der Waals surface area contributed by atoms with Gasteiger partial charge in [0, 0.05) is 20.3 Å². The van der Waals surface area contributed by atoms with Crippen LogP contribution in [0.1, 0.15) is 6.42 Å². The van der Waals surface area contributed by atoms with Gasteiger partial charge < -0.3 is 9.47 Å². The molecule has 0 aromatic carbocycles. The molecule has 0 heterocycles. The largest absolute Gasteiger partial charge is 0.384 e. The fraction of sp³-hybridized carbons (Fsp3) is 0.857. The van der Waals surface area contributed by atoms with Crippen molar-refractivity contribution in [1.29, 1.82) is 0 Å². The molecule has 0 aromatic heterocycles. The second-order valence-electron chi connectivity index (χ2n) is 2.58. The van der Waals surface area contributed by atoms with E-state index in [1.54, 1.807) is 7.11 Å². The molecule has 1 saturated carbocycles. The number of hydrogen-bond donors (Lipinski definition) is 0. The van der Waals surface area contributed by atoms with Gasteiger partial charge in [0.15, 0.2) is 0 Å². The highest BCUT2D eigenvalue weighted by molar-refractivity contribution is 4.85. The third-order valence-electron chi connectivity index (χ3n) is 1.78. The summed E-state index contributed by atoms with van der Waals surface area (Å²) in [6, 6.07) is 0. The monoisotopic (exact) mass is 129 g/mol. The van der Waals surface area contributed by atoms with Gasteiger partial charge in [-0.15, -0.1) is 0 Å². The van der Waals surface area contributed by atoms with Gasteiger partial charge in [0.1, 0.15) is 0 Å². The zero-order chi connectivity index (χ0) is 6.69. The van der Waals surface area contributed by atoms with Crippen molar-refractivity contribution in [3.8, 4) is 0 Å². The molecule has 53 valence electrons. The van der Waals surface area contributed by atoms with Crippen LogP contribution in [0.2, 0.25) is 0 Å². The molecule has 2 nitrogen and oxygen atoms in total. The molecule has 0 N–H and O–H groups in total. The quantitative estimate of drug-likeness (QED) is 0.565. The standard InChI is InChI=1S/C7H13O2/c1-8-4-6-3-7(6)5-9-2/h6-7H,1,3-5H2,2H3. The Labute approximate surface area is 56.2 Å². The minimum Gasteiger partial charge on any atom is -0.384 e. The highest BCUT2D eigenvalue weighted by Crippen LogP contribution is 2.38. The Kier molecular flexibility index (Phi) is 2.49. The van der Waals surface area contributed by atoms with E-state index >= 15 is 0 Å². The lowest BCUT2D eigenvalue weighted by atomic mass is 10.3. The van der Waals surface area contributed by atoms with E-state index in [9.17, 15) is 0 Å². The lowest BCUT2D eigenvalue weighted by Crippen LogP contribution is -1.97. The van der Waals surface area contributed by atoms with Gasteiger partial charge in [-0.1, -0.05) is 0 Å². The van der Waals surface area contributed by atoms with Crippen LogP contribution in [-0.2, 0) is 9.47 Å². The van der Waals surface area contributed by atoms with Gasteiger partial charge >= 0.3 is 0 Å². The minimum absolute atomic E-state index is 0.724. The van der Waals surface area contributed by atoms with Gasteiger partial charge in [-0.05, 0) is 18.3 Å². The van der Waals surface area contributed by atoms with Crippen LogP contribution in [0.25, 0.3) is 0 Å². The Bertz CT molecular complexity index is 73.0. The molecule has 1 radical (unpaired) electrons. The maximum absolute atomic E-state index is 4.97. The van der Waals surface area contributed by atoms with E-state index in [0.29, 0.717) is 0 Å². The Morgan fingerprint density at radius 2 is 2.11 bits per heavy atom. The maximum atomic E-state index is 4.97. The van der Waals surface area contributed by atoms with Gasteiger partial charge in [0.05, 0.1) is 7.11 Å². The van der Waals surface area contributed by atoms with Crippen molar-refractivity contribution < 1.29 is 9.47 Å². The lowest BCUT2D eigenvalue weighted by Gasteiger charge is -1.95. The third-order valence-corrected chi connectivity index (χ3v) is 1.78. The van der Waals surface area contributed by atoms with Crippen LogP contribution < -0.4 is 0 Å². The maximum Gasteiger partial charge on any atom is 0.0700 e. The Morgan fingerprint density at radius 3 is 2.67 bits per heavy atom. The number of hydrogen-bond acceptors (Lipinski definition) is 2.